The van der Waals surface area contributed by atoms with E-state index in [9.17, 15) is 9.18 Å². The molecule has 1 fully saturated rings. The van der Waals surface area contributed by atoms with Crippen LogP contribution in [0.15, 0.2) is 41.5 Å². The molecule has 6 nitrogen and oxygen atoms in total. The van der Waals surface area contributed by atoms with Gasteiger partial charge in [0.1, 0.15) is 23.3 Å². The van der Waals surface area contributed by atoms with Gasteiger partial charge in [-0.3, -0.25) is 9.79 Å². The third kappa shape index (κ3) is 3.34. The summed E-state index contributed by atoms with van der Waals surface area (Å²) in [6, 6.07) is 7.47. The minimum absolute atomic E-state index is 0.113. The van der Waals surface area contributed by atoms with Gasteiger partial charge in [0.2, 0.25) is 0 Å². The summed E-state index contributed by atoms with van der Waals surface area (Å²) in [5, 5.41) is 3.17. The average Bonchev–Trinajstić information content (AvgIpc) is 3.50. The molecular formula is C19H18ClFN4O2. The van der Waals surface area contributed by atoms with Gasteiger partial charge >= 0.3 is 0 Å². The van der Waals surface area contributed by atoms with Crippen LogP contribution in [0.4, 0.5) is 10.1 Å². The molecule has 3 N–H and O–H groups in total. The van der Waals surface area contributed by atoms with Gasteiger partial charge in [-0.25, -0.2) is 9.37 Å². The van der Waals surface area contributed by atoms with E-state index < -0.39 is 23.5 Å². The van der Waals surface area contributed by atoms with Gasteiger partial charge in [-0.1, -0.05) is 11.6 Å². The molecule has 8 heteroatoms. The van der Waals surface area contributed by atoms with Gasteiger partial charge in [-0.15, -0.1) is 0 Å². The number of carbonyl (C=O) groups excluding carboxylic acids is 1. The van der Waals surface area contributed by atoms with Crippen molar-refractivity contribution in [1.29, 1.82) is 0 Å². The smallest absolute Gasteiger partial charge is 0.274 e. The Morgan fingerprint density at radius 2 is 2.15 bits per heavy atom. The number of anilines is 1. The minimum atomic E-state index is -0.971. The first-order chi connectivity index (χ1) is 13.0. The molecule has 140 valence electrons. The van der Waals surface area contributed by atoms with Crippen molar-refractivity contribution in [3.05, 3.63) is 58.6 Å². The van der Waals surface area contributed by atoms with Crippen LogP contribution >= 0.6 is 11.6 Å². The zero-order chi connectivity index (χ0) is 19.0. The molecule has 2 unspecified atom stereocenters. The summed E-state index contributed by atoms with van der Waals surface area (Å²) in [4.78, 5) is 21.0. The van der Waals surface area contributed by atoms with Gasteiger partial charge < -0.3 is 15.8 Å². The van der Waals surface area contributed by atoms with Crippen molar-refractivity contribution in [3.63, 3.8) is 0 Å². The van der Waals surface area contributed by atoms with E-state index in [4.69, 9.17) is 22.1 Å². The molecule has 1 aliphatic heterocycles. The fourth-order valence-electron chi connectivity index (χ4n) is 3.45. The summed E-state index contributed by atoms with van der Waals surface area (Å²) in [5.74, 6) is -0.734. The number of ether oxygens (including phenoxy) is 1. The van der Waals surface area contributed by atoms with E-state index >= 15 is 0 Å². The second-order valence-corrected chi connectivity index (χ2v) is 7.11. The largest absolute Gasteiger partial charge is 0.355 e. The molecule has 1 aromatic heterocycles. The average molecular weight is 389 g/mol. The third-order valence-corrected chi connectivity index (χ3v) is 5.13. The van der Waals surface area contributed by atoms with Crippen LogP contribution < -0.4 is 11.1 Å². The Morgan fingerprint density at radius 1 is 1.33 bits per heavy atom. The number of pyridine rings is 1. The predicted octanol–water partition coefficient (Wildman–Crippen LogP) is 3.12. The zero-order valence-corrected chi connectivity index (χ0v) is 15.1. The van der Waals surface area contributed by atoms with E-state index in [1.54, 1.807) is 18.3 Å². The first-order valence-corrected chi connectivity index (χ1v) is 9.02. The maximum absolute atomic E-state index is 14.7. The highest BCUT2D eigenvalue weighted by Gasteiger charge is 2.53. The minimum Gasteiger partial charge on any atom is -0.355 e. The van der Waals surface area contributed by atoms with E-state index in [0.717, 1.165) is 12.8 Å². The van der Waals surface area contributed by atoms with Crippen molar-refractivity contribution in [2.75, 3.05) is 11.9 Å². The van der Waals surface area contributed by atoms with Crippen LogP contribution in [0.3, 0.4) is 0 Å². The fraction of sp³-hybridized carbons (Fsp3) is 0.316. The number of carbonyl (C=O) groups is 1. The first kappa shape index (κ1) is 18.0. The lowest BCUT2D eigenvalue weighted by atomic mass is 9.82. The van der Waals surface area contributed by atoms with Crippen LogP contribution in [-0.2, 0) is 10.3 Å². The van der Waals surface area contributed by atoms with Crippen molar-refractivity contribution < 1.29 is 13.9 Å². The molecule has 0 bridgehead atoms. The predicted molar refractivity (Wildman–Crippen MR) is 100 cm³/mol. The molecule has 2 atom stereocenters. The molecule has 1 aromatic carbocycles. The van der Waals surface area contributed by atoms with E-state index in [0.29, 0.717) is 22.9 Å². The number of amides is 1. The number of aromatic nitrogens is 1. The summed E-state index contributed by atoms with van der Waals surface area (Å²) in [6.07, 6.45) is 4.08. The summed E-state index contributed by atoms with van der Waals surface area (Å²) in [5.41, 5.74) is 6.20. The van der Waals surface area contributed by atoms with Crippen LogP contribution in [0, 0.1) is 11.7 Å². The van der Waals surface area contributed by atoms with Crippen LogP contribution in [0.25, 0.3) is 0 Å². The topological polar surface area (TPSA) is 89.6 Å². The molecule has 2 heterocycles. The highest BCUT2D eigenvalue weighted by molar-refractivity contribution is 6.30. The summed E-state index contributed by atoms with van der Waals surface area (Å²) in [7, 11) is 0. The Bertz CT molecular complexity index is 901. The molecule has 2 aromatic rings. The number of hydrogen-bond acceptors (Lipinski definition) is 5. The van der Waals surface area contributed by atoms with E-state index in [1.165, 1.54) is 24.4 Å². The van der Waals surface area contributed by atoms with Crippen molar-refractivity contribution >= 4 is 29.4 Å². The second-order valence-electron chi connectivity index (χ2n) is 6.68. The van der Waals surface area contributed by atoms with Gasteiger partial charge in [0, 0.05) is 23.7 Å². The van der Waals surface area contributed by atoms with Gasteiger partial charge in [-0.2, -0.15) is 0 Å². The highest BCUT2D eigenvalue weighted by atomic mass is 35.5. The normalized spacial score (nSPS) is 24.6. The van der Waals surface area contributed by atoms with Crippen LogP contribution in [0.5, 0.6) is 0 Å². The number of rotatable bonds is 4. The highest BCUT2D eigenvalue weighted by Crippen LogP contribution is 2.52. The number of halogens is 2. The van der Waals surface area contributed by atoms with Crippen LogP contribution in [0.2, 0.25) is 5.02 Å². The zero-order valence-electron chi connectivity index (χ0n) is 14.4. The quantitative estimate of drug-likeness (QED) is 0.842. The Labute approximate surface area is 160 Å². The summed E-state index contributed by atoms with van der Waals surface area (Å²) in [6.45, 7) is 0.302. The molecule has 4 rings (SSSR count). The van der Waals surface area contributed by atoms with E-state index in [-0.39, 0.29) is 11.6 Å². The maximum Gasteiger partial charge on any atom is 0.274 e. The number of nitrogens with two attached hydrogens (primary N) is 1. The van der Waals surface area contributed by atoms with E-state index in [2.05, 4.69) is 15.3 Å². The second kappa shape index (κ2) is 6.99. The molecule has 2 aliphatic rings. The standard InChI is InChI=1S/C19H18ClFN4O2/c20-12-3-6-16(23-10-12)17(26)25-13-4-5-15(21)14(9-13)19(11-1-2-11)18(22)27-8-7-24-19/h3-7,9-11,18H,1-2,8,22H2,(H,25,26). The Hall–Kier alpha value is -2.35. The lowest BCUT2D eigenvalue weighted by Crippen LogP contribution is -2.51. The fourth-order valence-corrected chi connectivity index (χ4v) is 3.57. The molecule has 1 amide bonds. The molecule has 27 heavy (non-hydrogen) atoms. The molecule has 0 saturated heterocycles. The van der Waals surface area contributed by atoms with Crippen molar-refractivity contribution in [2.45, 2.75) is 24.6 Å². The molecule has 0 spiro atoms. The van der Waals surface area contributed by atoms with Crippen LogP contribution in [0.1, 0.15) is 28.9 Å². The number of benzene rings is 1. The number of aliphatic imine (C=N–C) groups is 1. The Kier molecular flexibility index (Phi) is 4.67. The number of hydrogen-bond donors (Lipinski definition) is 2. The lowest BCUT2D eigenvalue weighted by Gasteiger charge is -2.38. The van der Waals surface area contributed by atoms with Crippen molar-refractivity contribution in [2.24, 2.45) is 16.6 Å². The SMILES string of the molecule is NC1OCC=NC1(c1cc(NC(=O)c2ccc(Cl)cn2)ccc1F)C1CC1. The van der Waals surface area contributed by atoms with Crippen molar-refractivity contribution in [3.8, 4) is 0 Å². The third-order valence-electron chi connectivity index (χ3n) is 4.90. The van der Waals surface area contributed by atoms with E-state index in [1.807, 2.05) is 0 Å². The molecule has 0 radical (unpaired) electrons. The van der Waals surface area contributed by atoms with Gasteiger partial charge in [0.15, 0.2) is 0 Å². The number of nitrogens with zero attached hydrogens (tertiary/aromatic N) is 2. The lowest BCUT2D eigenvalue weighted by molar-refractivity contribution is 0.00158. The molecule has 1 aliphatic carbocycles. The first-order valence-electron chi connectivity index (χ1n) is 8.64. The van der Waals surface area contributed by atoms with Gasteiger partial charge in [-0.05, 0) is 49.1 Å². The van der Waals surface area contributed by atoms with Gasteiger partial charge in [0.05, 0.1) is 11.6 Å². The van der Waals surface area contributed by atoms with Gasteiger partial charge in [0.25, 0.3) is 5.91 Å². The van der Waals surface area contributed by atoms with Crippen molar-refractivity contribution in [1.82, 2.24) is 4.98 Å². The van der Waals surface area contributed by atoms with Crippen LogP contribution in [-0.4, -0.2) is 29.9 Å². The monoisotopic (exact) mass is 388 g/mol. The Balaban J connectivity index is 1.67. The maximum atomic E-state index is 14.7. The molecule has 1 saturated carbocycles. The number of nitrogens with one attached hydrogen (secondary N) is 1. The Morgan fingerprint density at radius 3 is 2.81 bits per heavy atom. The summed E-state index contributed by atoms with van der Waals surface area (Å²) >= 11 is 5.79. The molecular weight excluding hydrogens is 371 g/mol. The summed E-state index contributed by atoms with van der Waals surface area (Å²) < 4.78 is 20.3.